The number of aromatic nitrogens is 2. The number of pyridine rings is 2. The summed E-state index contributed by atoms with van der Waals surface area (Å²) < 4.78 is 21.6. The average Bonchev–Trinajstić information content (AvgIpc) is 2.93. The molecule has 1 aliphatic heterocycles. The second-order valence-electron chi connectivity index (χ2n) is 8.34. The Kier molecular flexibility index (Phi) is 5.18. The Bertz CT molecular complexity index is 970. The first-order valence-electron chi connectivity index (χ1n) is 9.48. The molecule has 0 bridgehead atoms. The summed E-state index contributed by atoms with van der Waals surface area (Å²) in [5.74, 6) is -0.940. The summed E-state index contributed by atoms with van der Waals surface area (Å²) in [6.45, 7) is 10.7. The Hall–Kier alpha value is -2.48. The SMILES string of the molecule is CCOC(=O)c1cn(C(C)(C)C)c2nc(N3C[C@@H](N)[C@@H](C)C3)c(F)cc2c1=O. The Morgan fingerprint density at radius 1 is 1.39 bits per heavy atom. The van der Waals surface area contributed by atoms with E-state index < -0.39 is 22.8 Å². The van der Waals surface area contributed by atoms with Crippen LogP contribution in [0.3, 0.4) is 0 Å². The van der Waals surface area contributed by atoms with Gasteiger partial charge in [-0.05, 0) is 39.7 Å². The van der Waals surface area contributed by atoms with Crippen LogP contribution in [0.2, 0.25) is 0 Å². The molecule has 0 saturated carbocycles. The molecule has 0 amide bonds. The quantitative estimate of drug-likeness (QED) is 0.809. The van der Waals surface area contributed by atoms with Crippen LogP contribution < -0.4 is 16.1 Å². The van der Waals surface area contributed by atoms with Crippen molar-refractivity contribution in [2.75, 3.05) is 24.6 Å². The van der Waals surface area contributed by atoms with E-state index in [9.17, 15) is 14.0 Å². The molecule has 2 N–H and O–H groups in total. The molecule has 1 saturated heterocycles. The van der Waals surface area contributed by atoms with Crippen LogP contribution in [0.4, 0.5) is 10.2 Å². The van der Waals surface area contributed by atoms with Crippen molar-refractivity contribution in [3.63, 3.8) is 0 Å². The van der Waals surface area contributed by atoms with Crippen LogP contribution in [0.15, 0.2) is 17.1 Å². The van der Waals surface area contributed by atoms with Crippen molar-refractivity contribution in [2.45, 2.75) is 46.2 Å². The minimum Gasteiger partial charge on any atom is -0.462 e. The van der Waals surface area contributed by atoms with Crippen molar-refractivity contribution in [3.8, 4) is 0 Å². The number of anilines is 1. The summed E-state index contributed by atoms with van der Waals surface area (Å²) in [6.07, 6.45) is 1.45. The molecule has 3 rings (SSSR count). The van der Waals surface area contributed by atoms with E-state index in [2.05, 4.69) is 4.98 Å². The van der Waals surface area contributed by atoms with E-state index in [0.29, 0.717) is 18.7 Å². The molecule has 0 spiro atoms. The Morgan fingerprint density at radius 3 is 2.61 bits per heavy atom. The number of carbonyl (C=O) groups excluding carboxylic acids is 1. The number of nitrogens with zero attached hydrogens (tertiary/aromatic N) is 3. The van der Waals surface area contributed by atoms with E-state index in [1.54, 1.807) is 16.4 Å². The third-order valence-corrected chi connectivity index (χ3v) is 5.10. The highest BCUT2D eigenvalue weighted by molar-refractivity contribution is 5.93. The van der Waals surface area contributed by atoms with Gasteiger partial charge in [0.25, 0.3) is 0 Å². The first kappa shape index (κ1) is 20.3. The normalized spacial score (nSPS) is 20.0. The third kappa shape index (κ3) is 3.48. The lowest BCUT2D eigenvalue weighted by Gasteiger charge is -2.27. The summed E-state index contributed by atoms with van der Waals surface area (Å²) in [4.78, 5) is 31.4. The topological polar surface area (TPSA) is 90.5 Å². The van der Waals surface area contributed by atoms with Crippen molar-refractivity contribution in [1.82, 2.24) is 9.55 Å². The molecule has 0 aliphatic carbocycles. The van der Waals surface area contributed by atoms with Gasteiger partial charge in [0, 0.05) is 30.9 Å². The Labute approximate surface area is 163 Å². The van der Waals surface area contributed by atoms with Crippen LogP contribution in [0.25, 0.3) is 11.0 Å². The molecule has 0 aromatic carbocycles. The Balaban J connectivity index is 2.26. The molecule has 3 heterocycles. The lowest BCUT2D eigenvalue weighted by molar-refractivity contribution is 0.0524. The van der Waals surface area contributed by atoms with Crippen molar-refractivity contribution in [3.05, 3.63) is 33.9 Å². The van der Waals surface area contributed by atoms with Crippen LogP contribution in [0.5, 0.6) is 0 Å². The maximum Gasteiger partial charge on any atom is 0.343 e. The van der Waals surface area contributed by atoms with E-state index in [1.165, 1.54) is 12.3 Å². The molecule has 2 atom stereocenters. The maximum atomic E-state index is 14.9. The van der Waals surface area contributed by atoms with Crippen molar-refractivity contribution in [1.29, 1.82) is 0 Å². The fourth-order valence-electron chi connectivity index (χ4n) is 3.47. The summed E-state index contributed by atoms with van der Waals surface area (Å²) in [5.41, 5.74) is 5.19. The predicted molar refractivity (Wildman–Crippen MR) is 106 cm³/mol. The summed E-state index contributed by atoms with van der Waals surface area (Å²) in [7, 11) is 0. The van der Waals surface area contributed by atoms with Gasteiger partial charge in [0.05, 0.1) is 12.0 Å². The zero-order valence-corrected chi connectivity index (χ0v) is 17.0. The monoisotopic (exact) mass is 390 g/mol. The minimum absolute atomic E-state index is 0.0540. The lowest BCUT2D eigenvalue weighted by Crippen LogP contribution is -2.31. The molecular weight excluding hydrogens is 363 g/mol. The number of fused-ring (bicyclic) bond motifs is 1. The van der Waals surface area contributed by atoms with Crippen LogP contribution >= 0.6 is 0 Å². The molecule has 0 radical (unpaired) electrons. The van der Waals surface area contributed by atoms with Gasteiger partial charge in [0.1, 0.15) is 11.2 Å². The van der Waals surface area contributed by atoms with E-state index in [-0.39, 0.29) is 35.3 Å². The fourth-order valence-corrected chi connectivity index (χ4v) is 3.47. The smallest absolute Gasteiger partial charge is 0.343 e. The number of nitrogens with two attached hydrogens (primary N) is 1. The van der Waals surface area contributed by atoms with Crippen molar-refractivity contribution >= 4 is 22.8 Å². The van der Waals surface area contributed by atoms with E-state index in [4.69, 9.17) is 10.5 Å². The van der Waals surface area contributed by atoms with Gasteiger partial charge >= 0.3 is 5.97 Å². The zero-order valence-electron chi connectivity index (χ0n) is 17.0. The van der Waals surface area contributed by atoms with Gasteiger partial charge in [-0.1, -0.05) is 6.92 Å². The van der Waals surface area contributed by atoms with Gasteiger partial charge in [-0.2, -0.15) is 0 Å². The van der Waals surface area contributed by atoms with Gasteiger partial charge < -0.3 is 19.9 Å². The summed E-state index contributed by atoms with van der Waals surface area (Å²) in [6, 6.07) is 1.10. The molecule has 2 aromatic rings. The molecule has 0 unspecified atom stereocenters. The first-order chi connectivity index (χ1) is 13.0. The van der Waals surface area contributed by atoms with Gasteiger partial charge in [0.15, 0.2) is 11.6 Å². The van der Waals surface area contributed by atoms with Crippen LogP contribution in [0, 0.1) is 11.7 Å². The van der Waals surface area contributed by atoms with Gasteiger partial charge in [0.2, 0.25) is 5.43 Å². The fraction of sp³-hybridized carbons (Fsp3) is 0.550. The molecule has 1 aliphatic rings. The molecule has 1 fully saturated rings. The minimum atomic E-state index is -0.726. The lowest BCUT2D eigenvalue weighted by atomic mass is 10.1. The van der Waals surface area contributed by atoms with Crippen molar-refractivity contribution < 1.29 is 13.9 Å². The maximum absolute atomic E-state index is 14.9. The number of carbonyl (C=O) groups is 1. The zero-order chi connectivity index (χ0) is 20.8. The first-order valence-corrected chi connectivity index (χ1v) is 9.48. The highest BCUT2D eigenvalue weighted by atomic mass is 19.1. The molecular formula is C20H27FN4O3. The molecule has 8 heteroatoms. The number of hydrogen-bond donors (Lipinski definition) is 1. The number of esters is 1. The standard InChI is InChI=1S/C20H27FN4O3/c1-6-28-19(27)13-9-25(20(3,4)5)17-12(16(13)26)7-14(21)18(23-17)24-8-11(2)15(22)10-24/h7,9,11,15H,6,8,10,22H2,1-5H3/t11-,15+/m0/s1. The number of hydrogen-bond acceptors (Lipinski definition) is 6. The van der Waals surface area contributed by atoms with Gasteiger partial charge in [-0.15, -0.1) is 0 Å². The molecule has 7 nitrogen and oxygen atoms in total. The second kappa shape index (κ2) is 7.16. The van der Waals surface area contributed by atoms with Crippen LogP contribution in [-0.2, 0) is 10.3 Å². The van der Waals surface area contributed by atoms with Gasteiger partial charge in [-0.3, -0.25) is 4.79 Å². The van der Waals surface area contributed by atoms with E-state index >= 15 is 0 Å². The molecule has 152 valence electrons. The van der Waals surface area contributed by atoms with Crippen LogP contribution in [0.1, 0.15) is 45.0 Å². The highest BCUT2D eigenvalue weighted by Crippen LogP contribution is 2.28. The molecule has 2 aromatic heterocycles. The number of ether oxygens (including phenoxy) is 1. The molecule has 28 heavy (non-hydrogen) atoms. The number of rotatable bonds is 3. The Morgan fingerprint density at radius 2 is 2.07 bits per heavy atom. The van der Waals surface area contributed by atoms with E-state index in [0.717, 1.165) is 0 Å². The highest BCUT2D eigenvalue weighted by Gasteiger charge is 2.31. The third-order valence-electron chi connectivity index (χ3n) is 5.10. The predicted octanol–water partition coefficient (Wildman–Crippen LogP) is 2.25. The average molecular weight is 390 g/mol. The largest absolute Gasteiger partial charge is 0.462 e. The van der Waals surface area contributed by atoms with Crippen molar-refractivity contribution in [2.24, 2.45) is 11.7 Å². The summed E-state index contributed by atoms with van der Waals surface area (Å²) in [5, 5.41) is 0.0540. The number of halogens is 1. The van der Waals surface area contributed by atoms with Gasteiger partial charge in [-0.25, -0.2) is 14.2 Å². The second-order valence-corrected chi connectivity index (χ2v) is 8.34. The van der Waals surface area contributed by atoms with E-state index in [1.807, 2.05) is 27.7 Å². The summed E-state index contributed by atoms with van der Waals surface area (Å²) >= 11 is 0. The van der Waals surface area contributed by atoms with Crippen LogP contribution in [-0.4, -0.2) is 41.3 Å².